The van der Waals surface area contributed by atoms with E-state index in [1.54, 1.807) is 6.07 Å². The van der Waals surface area contributed by atoms with Gasteiger partial charge in [-0.2, -0.15) is 0 Å². The summed E-state index contributed by atoms with van der Waals surface area (Å²) in [5, 5.41) is 9.98. The van der Waals surface area contributed by atoms with Gasteiger partial charge in [0.1, 0.15) is 11.3 Å². The van der Waals surface area contributed by atoms with Gasteiger partial charge in [-0.15, -0.1) is 10.2 Å². The van der Waals surface area contributed by atoms with Gasteiger partial charge in [-0.05, 0) is 37.3 Å². The molecule has 0 aliphatic heterocycles. The molecule has 2 aromatic heterocycles. The molecule has 0 aliphatic rings. The van der Waals surface area contributed by atoms with Crippen molar-refractivity contribution in [2.75, 3.05) is 7.11 Å². The number of methoxy groups -OCH3 is 1. The van der Waals surface area contributed by atoms with Crippen molar-refractivity contribution in [3.63, 3.8) is 0 Å². The quantitative estimate of drug-likeness (QED) is 0.471. The van der Waals surface area contributed by atoms with Crippen molar-refractivity contribution in [2.45, 2.75) is 24.4 Å². The lowest BCUT2D eigenvalue weighted by molar-refractivity contribution is 0.0598. The average molecular weight is 378 g/mol. The normalized spacial score (nSPS) is 10.8. The van der Waals surface area contributed by atoms with Crippen LogP contribution in [0.5, 0.6) is 0 Å². The fraction of sp³-hybridized carbons (Fsp3) is 0.235. The molecule has 6 nitrogen and oxygen atoms in total. The molecule has 3 aromatic rings. The number of ether oxygens (including phenoxy) is 1. The zero-order valence-electron chi connectivity index (χ0n) is 13.7. The van der Waals surface area contributed by atoms with Crippen LogP contribution < -0.4 is 0 Å². The minimum absolute atomic E-state index is 0.414. The summed E-state index contributed by atoms with van der Waals surface area (Å²) in [6, 6.07) is 9.07. The van der Waals surface area contributed by atoms with E-state index in [1.165, 1.54) is 25.1 Å². The van der Waals surface area contributed by atoms with Gasteiger partial charge < -0.3 is 13.7 Å². The van der Waals surface area contributed by atoms with E-state index in [-0.39, 0.29) is 0 Å². The van der Waals surface area contributed by atoms with Crippen LogP contribution in [0.25, 0.3) is 11.4 Å². The van der Waals surface area contributed by atoms with Crippen molar-refractivity contribution in [1.29, 1.82) is 0 Å². The van der Waals surface area contributed by atoms with Crippen LogP contribution in [-0.2, 0) is 17.0 Å². The van der Waals surface area contributed by atoms with Crippen LogP contribution in [0.4, 0.5) is 0 Å². The van der Waals surface area contributed by atoms with Crippen molar-refractivity contribution >= 4 is 29.3 Å². The lowest BCUT2D eigenvalue weighted by Crippen LogP contribution is -2.03. The minimum Gasteiger partial charge on any atom is -0.468 e. The standard InChI is InChI=1S/C17H16ClN3O3S/c1-3-21-15(11-4-6-12(18)7-5-11)19-20-17(21)25-10-14-13(8-9-24-14)16(22)23-2/h4-9H,3,10H2,1-2H3. The number of rotatable bonds is 6. The van der Waals surface area contributed by atoms with Gasteiger partial charge in [-0.3, -0.25) is 0 Å². The average Bonchev–Trinajstić information content (AvgIpc) is 3.26. The van der Waals surface area contributed by atoms with Crippen molar-refractivity contribution in [1.82, 2.24) is 14.8 Å². The third-order valence-electron chi connectivity index (χ3n) is 3.62. The van der Waals surface area contributed by atoms with Gasteiger partial charge >= 0.3 is 5.97 Å². The Morgan fingerprint density at radius 2 is 2.04 bits per heavy atom. The number of thioether (sulfide) groups is 1. The van der Waals surface area contributed by atoms with Crippen LogP contribution in [-0.4, -0.2) is 27.8 Å². The van der Waals surface area contributed by atoms with Crippen LogP contribution in [0.1, 0.15) is 23.0 Å². The van der Waals surface area contributed by atoms with Gasteiger partial charge in [0.05, 0.1) is 19.1 Å². The lowest BCUT2D eigenvalue weighted by atomic mass is 10.2. The smallest absolute Gasteiger partial charge is 0.341 e. The molecule has 0 saturated carbocycles. The Bertz CT molecular complexity index is 874. The van der Waals surface area contributed by atoms with Gasteiger partial charge in [-0.1, -0.05) is 23.4 Å². The third-order valence-corrected chi connectivity index (χ3v) is 4.84. The van der Waals surface area contributed by atoms with Gasteiger partial charge in [0.25, 0.3) is 0 Å². The van der Waals surface area contributed by atoms with E-state index in [0.717, 1.165) is 23.1 Å². The van der Waals surface area contributed by atoms with Crippen LogP contribution in [0.15, 0.2) is 46.2 Å². The van der Waals surface area contributed by atoms with Gasteiger partial charge in [0.2, 0.25) is 0 Å². The molecule has 0 atom stereocenters. The van der Waals surface area contributed by atoms with Crippen molar-refractivity contribution in [3.05, 3.63) is 52.9 Å². The largest absolute Gasteiger partial charge is 0.468 e. The number of hydrogen-bond acceptors (Lipinski definition) is 6. The number of benzene rings is 1. The van der Waals surface area contributed by atoms with Crippen LogP contribution in [0.2, 0.25) is 5.02 Å². The first-order chi connectivity index (χ1) is 12.1. The number of carbonyl (C=O) groups is 1. The van der Waals surface area contributed by atoms with E-state index in [9.17, 15) is 4.79 Å². The number of halogens is 1. The second kappa shape index (κ2) is 7.76. The maximum atomic E-state index is 11.7. The second-order valence-corrected chi connectivity index (χ2v) is 6.47. The summed E-state index contributed by atoms with van der Waals surface area (Å²) >= 11 is 7.39. The van der Waals surface area contributed by atoms with Crippen LogP contribution in [0, 0.1) is 0 Å². The summed E-state index contributed by atoms with van der Waals surface area (Å²) in [5.41, 5.74) is 1.37. The van der Waals surface area contributed by atoms with E-state index in [4.69, 9.17) is 20.8 Å². The second-order valence-electron chi connectivity index (χ2n) is 5.10. The van der Waals surface area contributed by atoms with Crippen LogP contribution in [0.3, 0.4) is 0 Å². The Labute approximate surface area is 154 Å². The molecule has 0 fully saturated rings. The molecule has 0 unspecified atom stereocenters. The lowest BCUT2D eigenvalue weighted by Gasteiger charge is -2.07. The maximum absolute atomic E-state index is 11.7. The number of aromatic nitrogens is 3. The predicted octanol–water partition coefficient (Wildman–Crippen LogP) is 4.29. The van der Waals surface area contributed by atoms with E-state index in [0.29, 0.717) is 22.1 Å². The zero-order chi connectivity index (χ0) is 17.8. The number of hydrogen-bond donors (Lipinski definition) is 0. The number of carbonyl (C=O) groups excluding carboxylic acids is 1. The minimum atomic E-state index is -0.414. The Hall–Kier alpha value is -2.25. The topological polar surface area (TPSA) is 70.2 Å². The molecule has 0 spiro atoms. The molecule has 0 saturated heterocycles. The highest BCUT2D eigenvalue weighted by Crippen LogP contribution is 2.28. The fourth-order valence-corrected chi connectivity index (χ4v) is 3.45. The van der Waals surface area contributed by atoms with Crippen LogP contribution >= 0.6 is 23.4 Å². The molecular weight excluding hydrogens is 362 g/mol. The van der Waals surface area contributed by atoms with Crippen molar-refractivity contribution in [3.8, 4) is 11.4 Å². The molecule has 0 amide bonds. The Morgan fingerprint density at radius 3 is 2.72 bits per heavy atom. The molecule has 0 aliphatic carbocycles. The first-order valence-corrected chi connectivity index (χ1v) is 8.97. The fourth-order valence-electron chi connectivity index (χ4n) is 2.37. The molecule has 0 bridgehead atoms. The molecule has 130 valence electrons. The summed E-state index contributed by atoms with van der Waals surface area (Å²) in [7, 11) is 1.35. The number of furan rings is 1. The molecule has 0 N–H and O–H groups in total. The summed E-state index contributed by atoms with van der Waals surface area (Å²) in [5.74, 6) is 1.36. The zero-order valence-corrected chi connectivity index (χ0v) is 15.3. The number of nitrogens with zero attached hydrogens (tertiary/aromatic N) is 3. The SMILES string of the molecule is CCn1c(SCc2occc2C(=O)OC)nnc1-c1ccc(Cl)cc1. The van der Waals surface area contributed by atoms with Crippen molar-refractivity contribution < 1.29 is 13.9 Å². The van der Waals surface area contributed by atoms with Gasteiger partial charge in [-0.25, -0.2) is 4.79 Å². The monoisotopic (exact) mass is 377 g/mol. The molecule has 25 heavy (non-hydrogen) atoms. The summed E-state index contributed by atoms with van der Waals surface area (Å²) < 4.78 is 12.2. The molecule has 0 radical (unpaired) electrons. The first-order valence-electron chi connectivity index (χ1n) is 7.60. The highest BCUT2D eigenvalue weighted by Gasteiger charge is 2.18. The molecule has 8 heteroatoms. The third kappa shape index (κ3) is 3.72. The molecule has 1 aromatic carbocycles. The Balaban J connectivity index is 1.81. The van der Waals surface area contributed by atoms with Crippen molar-refractivity contribution in [2.24, 2.45) is 0 Å². The van der Waals surface area contributed by atoms with E-state index in [2.05, 4.69) is 10.2 Å². The van der Waals surface area contributed by atoms with Gasteiger partial charge in [0, 0.05) is 17.1 Å². The van der Waals surface area contributed by atoms with E-state index in [1.807, 2.05) is 35.8 Å². The summed E-state index contributed by atoms with van der Waals surface area (Å²) in [6.45, 7) is 2.74. The molecular formula is C17H16ClN3O3S. The van der Waals surface area contributed by atoms with E-state index >= 15 is 0 Å². The van der Waals surface area contributed by atoms with Gasteiger partial charge in [0.15, 0.2) is 11.0 Å². The molecule has 2 heterocycles. The number of esters is 1. The highest BCUT2D eigenvalue weighted by molar-refractivity contribution is 7.98. The van der Waals surface area contributed by atoms with E-state index < -0.39 is 5.97 Å². The Morgan fingerprint density at radius 1 is 1.28 bits per heavy atom. The summed E-state index contributed by atoms with van der Waals surface area (Å²) in [4.78, 5) is 11.7. The maximum Gasteiger partial charge on any atom is 0.341 e. The molecule has 3 rings (SSSR count). The predicted molar refractivity (Wildman–Crippen MR) is 95.8 cm³/mol. The highest BCUT2D eigenvalue weighted by atomic mass is 35.5. The summed E-state index contributed by atoms with van der Waals surface area (Å²) in [6.07, 6.45) is 1.48. The first kappa shape index (κ1) is 17.6. The Kier molecular flexibility index (Phi) is 5.45.